The van der Waals surface area contributed by atoms with Gasteiger partial charge in [-0.3, -0.25) is 9.71 Å². The van der Waals surface area contributed by atoms with E-state index in [9.17, 15) is 8.42 Å². The summed E-state index contributed by atoms with van der Waals surface area (Å²) in [5, 5.41) is 4.25. The molecule has 3 rings (SSSR count). The van der Waals surface area contributed by atoms with Crippen molar-refractivity contribution >= 4 is 38.1 Å². The predicted molar refractivity (Wildman–Crippen MR) is 97.0 cm³/mol. The van der Waals surface area contributed by atoms with Gasteiger partial charge in [-0.05, 0) is 30.7 Å². The first kappa shape index (κ1) is 16.2. The fourth-order valence-corrected chi connectivity index (χ4v) is 3.49. The van der Waals surface area contributed by atoms with E-state index in [2.05, 4.69) is 20.0 Å². The highest BCUT2D eigenvalue weighted by molar-refractivity contribution is 7.92. The second-order valence-electron chi connectivity index (χ2n) is 5.36. The van der Waals surface area contributed by atoms with Gasteiger partial charge in [0.1, 0.15) is 5.82 Å². The lowest BCUT2D eigenvalue weighted by Crippen LogP contribution is -2.16. The summed E-state index contributed by atoms with van der Waals surface area (Å²) >= 11 is 0. The number of nitrogens with zero attached hydrogens (tertiary/aromatic N) is 2. The third-order valence-electron chi connectivity index (χ3n) is 3.41. The van der Waals surface area contributed by atoms with Crippen LogP contribution in [0.15, 0.2) is 54.9 Å². The van der Waals surface area contributed by atoms with Crippen LogP contribution in [0, 0.1) is 0 Å². The van der Waals surface area contributed by atoms with E-state index in [0.29, 0.717) is 17.9 Å². The molecular weight excluding hydrogens is 324 g/mol. The number of rotatable bonds is 6. The number of benzene rings is 1. The zero-order valence-corrected chi connectivity index (χ0v) is 14.0. The van der Waals surface area contributed by atoms with Crippen molar-refractivity contribution in [2.75, 3.05) is 15.8 Å². The smallest absolute Gasteiger partial charge is 0.232 e. The highest BCUT2D eigenvalue weighted by Gasteiger charge is 2.09. The predicted octanol–water partition coefficient (Wildman–Crippen LogP) is 3.53. The minimum Gasteiger partial charge on any atom is -0.338 e. The first-order valence-electron chi connectivity index (χ1n) is 7.65. The van der Waals surface area contributed by atoms with Crippen molar-refractivity contribution in [1.29, 1.82) is 0 Å². The molecule has 0 amide bonds. The minimum absolute atomic E-state index is 0.0919. The molecule has 2 heterocycles. The molecule has 6 nitrogen and oxygen atoms in total. The molecule has 2 aromatic heterocycles. The van der Waals surface area contributed by atoms with Gasteiger partial charge in [-0.2, -0.15) is 0 Å². The number of sulfonamides is 1. The molecule has 0 atom stereocenters. The molecule has 0 saturated heterocycles. The van der Waals surface area contributed by atoms with Crippen molar-refractivity contribution < 1.29 is 8.42 Å². The number of anilines is 3. The molecule has 0 aliphatic heterocycles. The summed E-state index contributed by atoms with van der Waals surface area (Å²) in [6.07, 6.45) is 3.80. The van der Waals surface area contributed by atoms with Gasteiger partial charge in [0.2, 0.25) is 10.0 Å². The molecule has 0 bridgehead atoms. The van der Waals surface area contributed by atoms with Crippen LogP contribution in [0.25, 0.3) is 10.9 Å². The van der Waals surface area contributed by atoms with E-state index in [1.807, 2.05) is 37.3 Å². The summed E-state index contributed by atoms with van der Waals surface area (Å²) in [5.41, 5.74) is 2.15. The van der Waals surface area contributed by atoms with Crippen LogP contribution in [0.1, 0.15) is 13.3 Å². The highest BCUT2D eigenvalue weighted by Crippen LogP contribution is 2.24. The summed E-state index contributed by atoms with van der Waals surface area (Å²) < 4.78 is 26.0. The molecular formula is C17H18N4O2S. The van der Waals surface area contributed by atoms with Crippen molar-refractivity contribution in [1.82, 2.24) is 9.97 Å². The highest BCUT2D eigenvalue weighted by atomic mass is 32.2. The number of aromatic nitrogens is 2. The Labute approximate surface area is 141 Å². The van der Waals surface area contributed by atoms with Crippen molar-refractivity contribution in [2.24, 2.45) is 0 Å². The Kier molecular flexibility index (Phi) is 4.61. The molecule has 0 unspecified atom stereocenters. The number of fused-ring (bicyclic) bond motifs is 1. The van der Waals surface area contributed by atoms with Gasteiger partial charge in [0, 0.05) is 11.6 Å². The van der Waals surface area contributed by atoms with Gasteiger partial charge in [0.05, 0.1) is 28.8 Å². The summed E-state index contributed by atoms with van der Waals surface area (Å²) in [4.78, 5) is 8.64. The maximum atomic E-state index is 11.8. The molecule has 0 spiro atoms. The van der Waals surface area contributed by atoms with Crippen molar-refractivity contribution in [2.45, 2.75) is 13.3 Å². The van der Waals surface area contributed by atoms with E-state index in [1.54, 1.807) is 18.3 Å². The zero-order chi connectivity index (χ0) is 17.0. The average molecular weight is 342 g/mol. The van der Waals surface area contributed by atoms with Crippen LogP contribution in [0.4, 0.5) is 17.2 Å². The lowest BCUT2D eigenvalue weighted by Gasteiger charge is -2.10. The van der Waals surface area contributed by atoms with Gasteiger partial charge >= 0.3 is 0 Å². The topological polar surface area (TPSA) is 84.0 Å². The first-order valence-corrected chi connectivity index (χ1v) is 9.30. The Morgan fingerprint density at radius 3 is 2.62 bits per heavy atom. The zero-order valence-electron chi connectivity index (χ0n) is 13.2. The van der Waals surface area contributed by atoms with Gasteiger partial charge in [0.25, 0.3) is 0 Å². The number of pyridine rings is 2. The maximum Gasteiger partial charge on any atom is 0.232 e. The fraction of sp³-hybridized carbons (Fsp3) is 0.176. The Morgan fingerprint density at radius 1 is 1.04 bits per heavy atom. The van der Waals surface area contributed by atoms with Crippen LogP contribution in [0.3, 0.4) is 0 Å². The Balaban J connectivity index is 1.79. The van der Waals surface area contributed by atoms with Gasteiger partial charge < -0.3 is 5.32 Å². The molecule has 7 heteroatoms. The number of para-hydroxylation sites is 1. The van der Waals surface area contributed by atoms with Crippen LogP contribution in [0.2, 0.25) is 0 Å². The summed E-state index contributed by atoms with van der Waals surface area (Å²) in [7, 11) is -3.31. The third-order valence-corrected chi connectivity index (χ3v) is 4.90. The Morgan fingerprint density at radius 2 is 1.88 bits per heavy atom. The van der Waals surface area contributed by atoms with E-state index in [-0.39, 0.29) is 5.75 Å². The lowest BCUT2D eigenvalue weighted by molar-refractivity contribution is 0.600. The first-order chi connectivity index (χ1) is 11.6. The molecule has 0 aliphatic rings. The summed E-state index contributed by atoms with van der Waals surface area (Å²) in [6, 6.07) is 13.2. The van der Waals surface area contributed by atoms with Crippen molar-refractivity contribution in [3.05, 3.63) is 54.9 Å². The molecule has 0 saturated carbocycles. The van der Waals surface area contributed by atoms with Crippen LogP contribution in [-0.2, 0) is 10.0 Å². The average Bonchev–Trinajstić information content (AvgIpc) is 2.57. The Hall–Kier alpha value is -2.67. The van der Waals surface area contributed by atoms with E-state index in [0.717, 1.165) is 16.6 Å². The third kappa shape index (κ3) is 3.80. The molecule has 24 heavy (non-hydrogen) atoms. The molecule has 124 valence electrons. The van der Waals surface area contributed by atoms with Crippen molar-refractivity contribution in [3.8, 4) is 0 Å². The summed E-state index contributed by atoms with van der Waals surface area (Å²) in [5.74, 6) is 0.709. The number of nitrogens with one attached hydrogen (secondary N) is 2. The largest absolute Gasteiger partial charge is 0.338 e. The SMILES string of the molecule is CCCS(=O)(=O)Nc1ccc(Nc2cccc3cccnc23)nc1. The second-order valence-corrected chi connectivity index (χ2v) is 7.20. The van der Waals surface area contributed by atoms with Gasteiger partial charge in [-0.25, -0.2) is 13.4 Å². The minimum atomic E-state index is -3.31. The monoisotopic (exact) mass is 342 g/mol. The van der Waals surface area contributed by atoms with E-state index in [1.165, 1.54) is 6.20 Å². The molecule has 2 N–H and O–H groups in total. The second kappa shape index (κ2) is 6.84. The Bertz CT molecular complexity index is 935. The van der Waals surface area contributed by atoms with Crippen LogP contribution in [-0.4, -0.2) is 24.1 Å². The van der Waals surface area contributed by atoms with Crippen LogP contribution < -0.4 is 10.0 Å². The molecule has 0 radical (unpaired) electrons. The van der Waals surface area contributed by atoms with Gasteiger partial charge in [-0.15, -0.1) is 0 Å². The maximum absolute atomic E-state index is 11.8. The van der Waals surface area contributed by atoms with E-state index >= 15 is 0 Å². The summed E-state index contributed by atoms with van der Waals surface area (Å²) in [6.45, 7) is 1.82. The van der Waals surface area contributed by atoms with Crippen LogP contribution >= 0.6 is 0 Å². The van der Waals surface area contributed by atoms with E-state index in [4.69, 9.17) is 0 Å². The van der Waals surface area contributed by atoms with Crippen molar-refractivity contribution in [3.63, 3.8) is 0 Å². The molecule has 1 aromatic carbocycles. The molecule has 3 aromatic rings. The standard InChI is InChI=1S/C17H18N4O2S/c1-2-11-24(22,23)21-14-8-9-16(19-12-14)20-15-7-3-5-13-6-4-10-18-17(13)15/h3-10,12,21H,2,11H2,1H3,(H,19,20). The van der Waals surface area contributed by atoms with E-state index < -0.39 is 10.0 Å². The molecule has 0 fully saturated rings. The number of hydrogen-bond donors (Lipinski definition) is 2. The fourth-order valence-electron chi connectivity index (χ4n) is 2.37. The van der Waals surface area contributed by atoms with Crippen LogP contribution in [0.5, 0.6) is 0 Å². The lowest BCUT2D eigenvalue weighted by atomic mass is 10.2. The van der Waals surface area contributed by atoms with Gasteiger partial charge in [-0.1, -0.05) is 25.1 Å². The molecule has 0 aliphatic carbocycles. The van der Waals surface area contributed by atoms with Gasteiger partial charge in [0.15, 0.2) is 0 Å². The quantitative estimate of drug-likeness (QED) is 0.716. The normalized spacial score (nSPS) is 11.4. The number of hydrogen-bond acceptors (Lipinski definition) is 5.